The van der Waals surface area contributed by atoms with Crippen LogP contribution in [-0.4, -0.2) is 44.7 Å². The highest BCUT2D eigenvalue weighted by Crippen LogP contribution is 2.28. The predicted molar refractivity (Wildman–Crippen MR) is 109 cm³/mol. The Balaban J connectivity index is 1.70. The van der Waals surface area contributed by atoms with Gasteiger partial charge >= 0.3 is 5.69 Å². The maximum absolute atomic E-state index is 12.1. The fraction of sp³-hybridized carbons (Fsp3) is 0.333. The minimum atomic E-state index is -1.36. The summed E-state index contributed by atoms with van der Waals surface area (Å²) >= 11 is 6.43. The van der Waals surface area contributed by atoms with E-state index in [-0.39, 0.29) is 12.2 Å². The molecule has 0 aliphatic carbocycles. The first kappa shape index (κ1) is 21.2. The Kier molecular flexibility index (Phi) is 7.02. The number of halogens is 2. The monoisotopic (exact) mass is 516 g/mol. The molecule has 1 saturated heterocycles. The number of H-pyrrole nitrogens is 1. The lowest BCUT2D eigenvalue weighted by Crippen LogP contribution is -2.38. The molecule has 28 heavy (non-hydrogen) atoms. The largest absolute Gasteiger partial charge is 0.387 e. The number of nitrogens with zero attached hydrogens (tertiary/aromatic N) is 1. The number of aliphatic hydroxyl groups excluding tert-OH is 2. The van der Waals surface area contributed by atoms with Crippen LogP contribution in [-0.2, 0) is 16.1 Å². The fourth-order valence-electron chi connectivity index (χ4n) is 2.85. The number of hydrogen-bond acceptors (Lipinski definition) is 6. The lowest BCUT2D eigenvalue weighted by atomic mass is 10.1. The first-order valence-corrected chi connectivity index (χ1v) is 10.1. The van der Waals surface area contributed by atoms with E-state index in [1.807, 2.05) is 24.3 Å². The first-order valence-electron chi connectivity index (χ1n) is 8.36. The number of aromatic nitrogens is 2. The Hall–Kier alpha value is -1.56. The lowest BCUT2D eigenvalue weighted by molar-refractivity contribution is -0.0711. The van der Waals surface area contributed by atoms with E-state index < -0.39 is 35.8 Å². The summed E-state index contributed by atoms with van der Waals surface area (Å²) < 4.78 is 13.2. The smallest absolute Gasteiger partial charge is 0.330 e. The molecule has 10 heteroatoms. The van der Waals surface area contributed by atoms with Crippen molar-refractivity contribution >= 4 is 37.9 Å². The van der Waals surface area contributed by atoms with Crippen LogP contribution in [0.4, 0.5) is 0 Å². The number of ether oxygens (including phenoxy) is 2. The van der Waals surface area contributed by atoms with Gasteiger partial charge in [0.15, 0.2) is 6.23 Å². The molecular weight excluding hydrogens is 500 g/mol. The number of aromatic amines is 1. The van der Waals surface area contributed by atoms with Crippen molar-refractivity contribution in [3.63, 3.8) is 0 Å². The average molecular weight is 518 g/mol. The molecular formula is C18H18Br2N2O6. The lowest BCUT2D eigenvalue weighted by Gasteiger charge is -2.17. The van der Waals surface area contributed by atoms with Crippen LogP contribution in [0.3, 0.4) is 0 Å². The van der Waals surface area contributed by atoms with E-state index in [1.54, 1.807) is 0 Å². The van der Waals surface area contributed by atoms with E-state index in [0.717, 1.165) is 14.6 Å². The fourth-order valence-corrected chi connectivity index (χ4v) is 3.40. The molecule has 3 rings (SSSR count). The van der Waals surface area contributed by atoms with Gasteiger partial charge in [-0.2, -0.15) is 0 Å². The second kappa shape index (κ2) is 9.29. The van der Waals surface area contributed by atoms with Crippen LogP contribution in [0.25, 0.3) is 6.08 Å². The molecule has 1 aliphatic rings. The van der Waals surface area contributed by atoms with Gasteiger partial charge in [0.2, 0.25) is 0 Å². The molecule has 0 radical (unpaired) electrons. The van der Waals surface area contributed by atoms with Gasteiger partial charge in [0.1, 0.15) is 18.3 Å². The third-order valence-electron chi connectivity index (χ3n) is 4.31. The Morgan fingerprint density at radius 3 is 2.61 bits per heavy atom. The highest BCUT2D eigenvalue weighted by molar-refractivity contribution is 9.11. The number of rotatable bonds is 6. The number of aliphatic hydroxyl groups is 2. The predicted octanol–water partition coefficient (Wildman–Crippen LogP) is 1.50. The highest BCUT2D eigenvalue weighted by Gasteiger charge is 2.44. The minimum Gasteiger partial charge on any atom is -0.387 e. The molecule has 150 valence electrons. The molecule has 2 aromatic rings. The van der Waals surface area contributed by atoms with Crippen LogP contribution in [0.5, 0.6) is 0 Å². The first-order chi connectivity index (χ1) is 13.4. The molecule has 1 aromatic carbocycles. The van der Waals surface area contributed by atoms with Crippen LogP contribution in [0.2, 0.25) is 0 Å². The maximum atomic E-state index is 12.1. The molecule has 1 fully saturated rings. The number of nitrogens with one attached hydrogen (secondary N) is 1. The zero-order chi connectivity index (χ0) is 20.3. The van der Waals surface area contributed by atoms with Crippen LogP contribution in [0.1, 0.15) is 17.4 Å². The summed E-state index contributed by atoms with van der Waals surface area (Å²) in [6, 6.07) is 7.57. The van der Waals surface area contributed by atoms with Gasteiger partial charge in [0.25, 0.3) is 5.56 Å². The summed E-state index contributed by atoms with van der Waals surface area (Å²) in [5.74, 6) is 0. The van der Waals surface area contributed by atoms with E-state index in [9.17, 15) is 19.8 Å². The third-order valence-corrected chi connectivity index (χ3v) is 5.11. The van der Waals surface area contributed by atoms with E-state index in [1.165, 1.54) is 17.3 Å². The van der Waals surface area contributed by atoms with Crippen molar-refractivity contribution in [3.8, 4) is 0 Å². The van der Waals surface area contributed by atoms with Crippen molar-refractivity contribution in [3.05, 3.63) is 71.9 Å². The second-order valence-corrected chi connectivity index (χ2v) is 7.68. The standard InChI is InChI=1S/C18H18Br2N2O6/c19-6-5-11-7-22(18(26)21-16(11)25)17-15(24)14(23)13(28-17)9-27-8-10-1-3-12(20)4-2-10/h1-7,13-15,17,23-24H,8-9H2,(H,21,25,26)/t13-,14-,15+,17-/m1/s1. The van der Waals surface area contributed by atoms with Crippen molar-refractivity contribution in [1.82, 2.24) is 9.55 Å². The quantitative estimate of drug-likeness (QED) is 0.535. The summed E-state index contributed by atoms with van der Waals surface area (Å²) in [7, 11) is 0. The van der Waals surface area contributed by atoms with E-state index in [0.29, 0.717) is 6.61 Å². The minimum absolute atomic E-state index is 0.0249. The zero-order valence-electron chi connectivity index (χ0n) is 14.5. The van der Waals surface area contributed by atoms with Gasteiger partial charge in [0, 0.05) is 10.7 Å². The van der Waals surface area contributed by atoms with Crippen molar-refractivity contribution in [1.29, 1.82) is 0 Å². The van der Waals surface area contributed by atoms with Crippen LogP contribution in [0.15, 0.2) is 49.5 Å². The molecule has 8 nitrogen and oxygen atoms in total. The van der Waals surface area contributed by atoms with Crippen LogP contribution >= 0.6 is 31.9 Å². The Morgan fingerprint density at radius 1 is 1.21 bits per heavy atom. The molecule has 3 N–H and O–H groups in total. The van der Waals surface area contributed by atoms with Gasteiger partial charge in [0.05, 0.1) is 18.8 Å². The molecule has 0 amide bonds. The Labute approximate surface area is 176 Å². The summed E-state index contributed by atoms with van der Waals surface area (Å²) in [5, 5.41) is 20.6. The third kappa shape index (κ3) is 4.70. The molecule has 0 bridgehead atoms. The summed E-state index contributed by atoms with van der Waals surface area (Å²) in [6.07, 6.45) is -1.86. The summed E-state index contributed by atoms with van der Waals surface area (Å²) in [4.78, 5) is 27.5. The van der Waals surface area contributed by atoms with Gasteiger partial charge in [-0.15, -0.1) is 0 Å². The van der Waals surface area contributed by atoms with Crippen molar-refractivity contribution in [2.75, 3.05) is 6.61 Å². The molecule has 1 aromatic heterocycles. The highest BCUT2D eigenvalue weighted by atomic mass is 79.9. The molecule has 0 spiro atoms. The van der Waals surface area contributed by atoms with Crippen LogP contribution in [0, 0.1) is 0 Å². The maximum Gasteiger partial charge on any atom is 0.330 e. The normalized spacial score (nSPS) is 24.9. The SMILES string of the molecule is O=c1[nH]c(=O)n([C@@H]2O[C@H](COCc3ccc(Br)cc3)[C@@H](O)[C@@H]2O)cc1C=CBr. The average Bonchev–Trinajstić information content (AvgIpc) is 2.94. The second-order valence-electron chi connectivity index (χ2n) is 6.23. The van der Waals surface area contributed by atoms with E-state index >= 15 is 0 Å². The number of benzene rings is 1. The van der Waals surface area contributed by atoms with Crippen molar-refractivity contribution in [2.24, 2.45) is 0 Å². The number of hydrogen-bond donors (Lipinski definition) is 3. The van der Waals surface area contributed by atoms with Gasteiger partial charge in [-0.1, -0.05) is 44.0 Å². The van der Waals surface area contributed by atoms with Gasteiger partial charge < -0.3 is 19.7 Å². The topological polar surface area (TPSA) is 114 Å². The summed E-state index contributed by atoms with van der Waals surface area (Å²) in [5.41, 5.74) is -0.184. The molecule has 0 saturated carbocycles. The molecule has 4 atom stereocenters. The van der Waals surface area contributed by atoms with E-state index in [2.05, 4.69) is 36.8 Å². The van der Waals surface area contributed by atoms with Gasteiger partial charge in [-0.3, -0.25) is 14.3 Å². The molecule has 2 heterocycles. The van der Waals surface area contributed by atoms with E-state index in [4.69, 9.17) is 9.47 Å². The van der Waals surface area contributed by atoms with Crippen molar-refractivity contribution < 1.29 is 19.7 Å². The van der Waals surface area contributed by atoms with Gasteiger partial charge in [-0.05, 0) is 28.8 Å². The van der Waals surface area contributed by atoms with Crippen LogP contribution < -0.4 is 11.2 Å². The Bertz CT molecular complexity index is 956. The van der Waals surface area contributed by atoms with Gasteiger partial charge in [-0.25, -0.2) is 4.79 Å². The molecule has 0 unspecified atom stereocenters. The molecule has 1 aliphatic heterocycles. The summed E-state index contributed by atoms with van der Waals surface area (Å²) in [6.45, 7) is 0.330. The zero-order valence-corrected chi connectivity index (χ0v) is 17.7. The Morgan fingerprint density at radius 2 is 1.93 bits per heavy atom. The van der Waals surface area contributed by atoms with Crippen molar-refractivity contribution in [2.45, 2.75) is 31.1 Å².